The van der Waals surface area contributed by atoms with Crippen molar-refractivity contribution in [1.82, 2.24) is 0 Å². The molecule has 1 rings (SSSR count). The third-order valence-corrected chi connectivity index (χ3v) is 3.60. The molecule has 0 aromatic rings. The zero-order chi connectivity index (χ0) is 8.27. The second kappa shape index (κ2) is 4.46. The van der Waals surface area contributed by atoms with Crippen molar-refractivity contribution in [2.45, 2.75) is 44.0 Å². The third kappa shape index (κ3) is 2.45. The Balaban J connectivity index is 2.33. The summed E-state index contributed by atoms with van der Waals surface area (Å²) in [7, 11) is 0. The van der Waals surface area contributed by atoms with Gasteiger partial charge in [-0.05, 0) is 25.7 Å². The summed E-state index contributed by atoms with van der Waals surface area (Å²) >= 11 is 3.73. The molecule has 0 aromatic carbocycles. The number of halogens is 1. The third-order valence-electron chi connectivity index (χ3n) is 2.46. The minimum Gasteiger partial charge on any atom is -0.378 e. The number of alkyl halides is 1. The molecule has 0 bridgehead atoms. The molecule has 0 amide bonds. The van der Waals surface area contributed by atoms with E-state index in [2.05, 4.69) is 29.8 Å². The zero-order valence-corrected chi connectivity index (χ0v) is 8.93. The molecule has 0 aliphatic carbocycles. The Morgan fingerprint density at radius 1 is 1.64 bits per heavy atom. The predicted octanol–water partition coefficient (Wildman–Crippen LogP) is 2.98. The number of rotatable bonds is 3. The molecule has 3 atom stereocenters. The van der Waals surface area contributed by atoms with E-state index in [1.807, 2.05) is 0 Å². The fraction of sp³-hybridized carbons (Fsp3) is 1.00. The summed E-state index contributed by atoms with van der Waals surface area (Å²) in [4.78, 5) is 0.671. The van der Waals surface area contributed by atoms with Gasteiger partial charge in [0, 0.05) is 11.4 Å². The first-order valence-electron chi connectivity index (χ1n) is 4.51. The van der Waals surface area contributed by atoms with Crippen LogP contribution in [-0.4, -0.2) is 17.5 Å². The molecule has 3 unspecified atom stereocenters. The molecule has 2 heteroatoms. The molecule has 0 radical (unpaired) electrons. The van der Waals surface area contributed by atoms with E-state index in [4.69, 9.17) is 4.74 Å². The van der Waals surface area contributed by atoms with Crippen molar-refractivity contribution in [2.24, 2.45) is 5.92 Å². The molecule has 1 nitrogen and oxygen atoms in total. The number of hydrogen-bond acceptors (Lipinski definition) is 1. The van der Waals surface area contributed by atoms with Crippen LogP contribution in [0.1, 0.15) is 33.1 Å². The summed E-state index contributed by atoms with van der Waals surface area (Å²) in [6.45, 7) is 5.37. The standard InChI is InChI=1S/C9H17BrO/c1-3-4-9(10)8-5-6-11-7(8)2/h7-9H,3-6H2,1-2H3. The van der Waals surface area contributed by atoms with Gasteiger partial charge >= 0.3 is 0 Å². The van der Waals surface area contributed by atoms with Gasteiger partial charge in [-0.2, -0.15) is 0 Å². The SMILES string of the molecule is CCCC(Br)C1CCOC1C. The molecule has 11 heavy (non-hydrogen) atoms. The predicted molar refractivity (Wildman–Crippen MR) is 51.1 cm³/mol. The molecule has 66 valence electrons. The van der Waals surface area contributed by atoms with E-state index in [-0.39, 0.29) is 0 Å². The maximum atomic E-state index is 5.50. The zero-order valence-electron chi connectivity index (χ0n) is 7.35. The lowest BCUT2D eigenvalue weighted by molar-refractivity contribution is 0.105. The first-order valence-corrected chi connectivity index (χ1v) is 5.43. The first kappa shape index (κ1) is 9.53. The van der Waals surface area contributed by atoms with E-state index in [1.165, 1.54) is 19.3 Å². The van der Waals surface area contributed by atoms with Crippen LogP contribution in [0.2, 0.25) is 0 Å². The molecule has 0 aromatic heterocycles. The van der Waals surface area contributed by atoms with Gasteiger partial charge in [-0.1, -0.05) is 29.3 Å². The van der Waals surface area contributed by atoms with Crippen LogP contribution >= 0.6 is 15.9 Å². The van der Waals surface area contributed by atoms with E-state index in [0.717, 1.165) is 12.5 Å². The number of ether oxygens (including phenoxy) is 1. The van der Waals surface area contributed by atoms with E-state index < -0.39 is 0 Å². The van der Waals surface area contributed by atoms with E-state index in [0.29, 0.717) is 10.9 Å². The topological polar surface area (TPSA) is 9.23 Å². The Morgan fingerprint density at radius 3 is 2.82 bits per heavy atom. The number of hydrogen-bond donors (Lipinski definition) is 0. The molecule has 1 fully saturated rings. The van der Waals surface area contributed by atoms with Crippen molar-refractivity contribution in [3.8, 4) is 0 Å². The second-order valence-corrected chi connectivity index (χ2v) is 4.51. The van der Waals surface area contributed by atoms with E-state index >= 15 is 0 Å². The van der Waals surface area contributed by atoms with Gasteiger partial charge in [0.05, 0.1) is 6.10 Å². The van der Waals surface area contributed by atoms with Gasteiger partial charge in [0.1, 0.15) is 0 Å². The van der Waals surface area contributed by atoms with Crippen molar-refractivity contribution < 1.29 is 4.74 Å². The van der Waals surface area contributed by atoms with Crippen LogP contribution in [0.15, 0.2) is 0 Å². The smallest absolute Gasteiger partial charge is 0.0586 e. The minimum atomic E-state index is 0.464. The molecular formula is C9H17BrO. The van der Waals surface area contributed by atoms with Crippen LogP contribution in [0.3, 0.4) is 0 Å². The molecule has 1 aliphatic heterocycles. The highest BCUT2D eigenvalue weighted by Crippen LogP contribution is 2.30. The largest absolute Gasteiger partial charge is 0.378 e. The van der Waals surface area contributed by atoms with Gasteiger partial charge in [-0.3, -0.25) is 0 Å². The van der Waals surface area contributed by atoms with Gasteiger partial charge in [0.15, 0.2) is 0 Å². The summed E-state index contributed by atoms with van der Waals surface area (Å²) in [6, 6.07) is 0. The van der Waals surface area contributed by atoms with Crippen LogP contribution < -0.4 is 0 Å². The lowest BCUT2D eigenvalue weighted by Crippen LogP contribution is -2.21. The van der Waals surface area contributed by atoms with E-state index in [9.17, 15) is 0 Å². The monoisotopic (exact) mass is 220 g/mol. The molecule has 0 saturated carbocycles. The summed E-state index contributed by atoms with van der Waals surface area (Å²) < 4.78 is 5.50. The Bertz CT molecular complexity index is 116. The van der Waals surface area contributed by atoms with Gasteiger partial charge in [-0.25, -0.2) is 0 Å². The Hall–Kier alpha value is 0.440. The molecule has 0 N–H and O–H groups in total. The average molecular weight is 221 g/mol. The normalized spacial score (nSPS) is 34.1. The van der Waals surface area contributed by atoms with Gasteiger partial charge in [0.25, 0.3) is 0 Å². The lowest BCUT2D eigenvalue weighted by atomic mass is 9.96. The highest BCUT2D eigenvalue weighted by Gasteiger charge is 2.29. The maximum Gasteiger partial charge on any atom is 0.0586 e. The van der Waals surface area contributed by atoms with Crippen molar-refractivity contribution in [2.75, 3.05) is 6.61 Å². The van der Waals surface area contributed by atoms with Crippen molar-refractivity contribution in [3.05, 3.63) is 0 Å². The van der Waals surface area contributed by atoms with Crippen LogP contribution in [0, 0.1) is 5.92 Å². The molecule has 1 heterocycles. The van der Waals surface area contributed by atoms with Crippen molar-refractivity contribution >= 4 is 15.9 Å². The second-order valence-electron chi connectivity index (χ2n) is 3.33. The fourth-order valence-corrected chi connectivity index (χ4v) is 2.87. The van der Waals surface area contributed by atoms with Crippen LogP contribution in [-0.2, 0) is 4.74 Å². The van der Waals surface area contributed by atoms with Crippen LogP contribution in [0.5, 0.6) is 0 Å². The van der Waals surface area contributed by atoms with Crippen LogP contribution in [0.25, 0.3) is 0 Å². The molecular weight excluding hydrogens is 204 g/mol. The summed E-state index contributed by atoms with van der Waals surface area (Å²) in [5.74, 6) is 0.745. The van der Waals surface area contributed by atoms with E-state index in [1.54, 1.807) is 0 Å². The Kier molecular flexibility index (Phi) is 3.86. The van der Waals surface area contributed by atoms with Crippen molar-refractivity contribution in [1.29, 1.82) is 0 Å². The fourth-order valence-electron chi connectivity index (χ4n) is 1.71. The lowest BCUT2D eigenvalue weighted by Gasteiger charge is -2.19. The highest BCUT2D eigenvalue weighted by atomic mass is 79.9. The highest BCUT2D eigenvalue weighted by molar-refractivity contribution is 9.09. The maximum absolute atomic E-state index is 5.50. The van der Waals surface area contributed by atoms with Crippen molar-refractivity contribution in [3.63, 3.8) is 0 Å². The molecule has 1 aliphatic rings. The first-order chi connectivity index (χ1) is 5.25. The quantitative estimate of drug-likeness (QED) is 0.665. The Labute approximate surface area is 77.6 Å². The molecule has 0 spiro atoms. The summed E-state index contributed by atoms with van der Waals surface area (Å²) in [6.07, 6.45) is 4.24. The van der Waals surface area contributed by atoms with Gasteiger partial charge in [0.2, 0.25) is 0 Å². The van der Waals surface area contributed by atoms with Gasteiger partial charge < -0.3 is 4.74 Å². The summed E-state index contributed by atoms with van der Waals surface area (Å²) in [5, 5.41) is 0. The van der Waals surface area contributed by atoms with Crippen LogP contribution in [0.4, 0.5) is 0 Å². The average Bonchev–Trinajstić information content (AvgIpc) is 2.36. The minimum absolute atomic E-state index is 0.464. The Morgan fingerprint density at radius 2 is 2.36 bits per heavy atom. The summed E-state index contributed by atoms with van der Waals surface area (Å²) in [5.41, 5.74) is 0. The molecule has 1 saturated heterocycles. The van der Waals surface area contributed by atoms with Gasteiger partial charge in [-0.15, -0.1) is 0 Å².